The predicted octanol–water partition coefficient (Wildman–Crippen LogP) is 3.41. The molecule has 1 fully saturated rings. The van der Waals surface area contributed by atoms with E-state index < -0.39 is 23.3 Å². The maximum atomic E-state index is 13.9. The molecule has 0 amide bonds. The molecule has 4 aromatic rings. The molecule has 2 heterocycles. The van der Waals surface area contributed by atoms with E-state index in [4.69, 9.17) is 0 Å². The summed E-state index contributed by atoms with van der Waals surface area (Å²) in [4.78, 5) is 33.1. The van der Waals surface area contributed by atoms with E-state index in [2.05, 4.69) is 15.1 Å². The van der Waals surface area contributed by atoms with Crippen LogP contribution in [0.1, 0.15) is 31.0 Å². The largest absolute Gasteiger partial charge is 0.481 e. The molecule has 1 N–H and O–H groups in total. The first-order chi connectivity index (χ1) is 14.5. The number of carboxylic acid groups (broad SMARTS) is 1. The van der Waals surface area contributed by atoms with Crippen LogP contribution in [-0.2, 0) is 4.79 Å². The lowest BCUT2D eigenvalue weighted by molar-refractivity contribution is -0.141. The zero-order valence-corrected chi connectivity index (χ0v) is 15.8. The number of fused-ring (bicyclic) bond motifs is 3. The van der Waals surface area contributed by atoms with Crippen LogP contribution in [0.5, 0.6) is 0 Å². The number of halogens is 1. The Morgan fingerprint density at radius 3 is 2.63 bits per heavy atom. The lowest BCUT2D eigenvalue weighted by Crippen LogP contribution is -2.20. The number of carbonyl (C=O) groups is 1. The second-order valence-corrected chi connectivity index (χ2v) is 7.54. The van der Waals surface area contributed by atoms with Crippen LogP contribution in [0.4, 0.5) is 4.39 Å². The van der Waals surface area contributed by atoms with Crippen molar-refractivity contribution in [2.75, 3.05) is 0 Å². The first-order valence-corrected chi connectivity index (χ1v) is 9.70. The van der Waals surface area contributed by atoms with E-state index in [0.717, 1.165) is 0 Å². The summed E-state index contributed by atoms with van der Waals surface area (Å²) in [6, 6.07) is 13.1. The quantitative estimate of drug-likeness (QED) is 0.526. The number of benzene rings is 2. The van der Waals surface area contributed by atoms with Crippen LogP contribution in [0.25, 0.3) is 27.8 Å². The zero-order valence-electron chi connectivity index (χ0n) is 15.8. The van der Waals surface area contributed by atoms with Gasteiger partial charge in [0.2, 0.25) is 0 Å². The van der Waals surface area contributed by atoms with Gasteiger partial charge in [0.25, 0.3) is 5.56 Å². The van der Waals surface area contributed by atoms with Crippen molar-refractivity contribution in [1.82, 2.24) is 19.6 Å². The Kier molecular flexibility index (Phi) is 4.27. The third-order valence-corrected chi connectivity index (χ3v) is 5.66. The van der Waals surface area contributed by atoms with Crippen LogP contribution >= 0.6 is 0 Å². The Hall–Kier alpha value is -3.68. The molecule has 0 aliphatic heterocycles. The van der Waals surface area contributed by atoms with Gasteiger partial charge >= 0.3 is 5.97 Å². The molecule has 30 heavy (non-hydrogen) atoms. The van der Waals surface area contributed by atoms with Gasteiger partial charge in [-0.15, -0.1) is 0 Å². The summed E-state index contributed by atoms with van der Waals surface area (Å²) in [6.07, 6.45) is 1.56. The Morgan fingerprint density at radius 2 is 1.90 bits per heavy atom. The van der Waals surface area contributed by atoms with Crippen molar-refractivity contribution in [3.63, 3.8) is 0 Å². The van der Waals surface area contributed by atoms with E-state index >= 15 is 0 Å². The van der Waals surface area contributed by atoms with Gasteiger partial charge in [-0.1, -0.05) is 30.3 Å². The van der Waals surface area contributed by atoms with Gasteiger partial charge in [0.05, 0.1) is 11.4 Å². The van der Waals surface area contributed by atoms with Crippen molar-refractivity contribution >= 4 is 22.5 Å². The maximum Gasteiger partial charge on any atom is 0.306 e. The van der Waals surface area contributed by atoms with Gasteiger partial charge in [-0.3, -0.25) is 9.59 Å². The Labute approximate surface area is 169 Å². The third kappa shape index (κ3) is 3.01. The van der Waals surface area contributed by atoms with Crippen molar-refractivity contribution in [2.24, 2.45) is 5.92 Å². The number of carboxylic acids is 1. The van der Waals surface area contributed by atoms with Gasteiger partial charge < -0.3 is 5.11 Å². The lowest BCUT2D eigenvalue weighted by atomic mass is 10.0. The second kappa shape index (κ2) is 6.98. The molecule has 0 bridgehead atoms. The second-order valence-electron chi connectivity index (χ2n) is 7.54. The summed E-state index contributed by atoms with van der Waals surface area (Å²) in [7, 11) is 0. The monoisotopic (exact) mass is 404 g/mol. The van der Waals surface area contributed by atoms with Gasteiger partial charge in [-0.05, 0) is 31.4 Å². The number of hydrogen-bond acceptors (Lipinski definition) is 5. The molecule has 8 heteroatoms. The minimum atomic E-state index is -0.837. The lowest BCUT2D eigenvalue weighted by Gasteiger charge is -2.15. The molecule has 0 saturated heterocycles. The molecular formula is C22H17FN4O3. The van der Waals surface area contributed by atoms with Gasteiger partial charge in [-0.2, -0.15) is 14.6 Å². The molecule has 2 aromatic carbocycles. The Bertz CT molecular complexity index is 1350. The van der Waals surface area contributed by atoms with Crippen LogP contribution in [0.15, 0.2) is 53.3 Å². The van der Waals surface area contributed by atoms with E-state index in [1.165, 1.54) is 22.7 Å². The molecule has 1 aliphatic carbocycles. The van der Waals surface area contributed by atoms with Crippen LogP contribution < -0.4 is 5.56 Å². The number of nitrogens with zero attached hydrogens (tertiary/aromatic N) is 4. The average Bonchev–Trinajstić information content (AvgIpc) is 3.23. The third-order valence-electron chi connectivity index (χ3n) is 5.66. The SMILES string of the molecule is O=C(O)[C@@H]1CC[C@@H](c2nc3cc(F)ccc3c3nc(=O)c(-c4ccccc4)nn23)C1. The minimum absolute atomic E-state index is 0.179. The predicted molar refractivity (Wildman–Crippen MR) is 108 cm³/mol. The molecular weight excluding hydrogens is 387 g/mol. The number of hydrogen-bond donors (Lipinski definition) is 1. The van der Waals surface area contributed by atoms with E-state index in [9.17, 15) is 19.1 Å². The number of aliphatic carboxylic acids is 1. The molecule has 0 spiro atoms. The van der Waals surface area contributed by atoms with Gasteiger partial charge in [-0.25, -0.2) is 9.37 Å². The highest BCUT2D eigenvalue weighted by Crippen LogP contribution is 2.38. The molecule has 0 unspecified atom stereocenters. The smallest absolute Gasteiger partial charge is 0.306 e. The van der Waals surface area contributed by atoms with Crippen LogP contribution in [0.2, 0.25) is 0 Å². The van der Waals surface area contributed by atoms with E-state index in [0.29, 0.717) is 47.2 Å². The normalized spacial score (nSPS) is 18.8. The molecule has 7 nitrogen and oxygen atoms in total. The molecule has 0 radical (unpaired) electrons. The van der Waals surface area contributed by atoms with Crippen LogP contribution in [0.3, 0.4) is 0 Å². The van der Waals surface area contributed by atoms with Crippen molar-refractivity contribution in [1.29, 1.82) is 0 Å². The highest BCUT2D eigenvalue weighted by Gasteiger charge is 2.33. The fraction of sp³-hybridized carbons (Fsp3) is 0.227. The van der Waals surface area contributed by atoms with Gasteiger partial charge in [0.1, 0.15) is 11.6 Å². The number of aromatic nitrogens is 4. The molecule has 1 aliphatic rings. The van der Waals surface area contributed by atoms with Crippen molar-refractivity contribution in [3.8, 4) is 11.3 Å². The minimum Gasteiger partial charge on any atom is -0.481 e. The summed E-state index contributed by atoms with van der Waals surface area (Å²) >= 11 is 0. The maximum absolute atomic E-state index is 13.9. The highest BCUT2D eigenvalue weighted by atomic mass is 19.1. The molecule has 2 atom stereocenters. The fourth-order valence-corrected chi connectivity index (χ4v) is 4.16. The van der Waals surface area contributed by atoms with Crippen molar-refractivity contribution < 1.29 is 14.3 Å². The molecule has 1 saturated carbocycles. The molecule has 5 rings (SSSR count). The van der Waals surface area contributed by atoms with Gasteiger partial charge in [0.15, 0.2) is 11.3 Å². The van der Waals surface area contributed by atoms with Crippen molar-refractivity contribution in [3.05, 3.63) is 70.5 Å². The summed E-state index contributed by atoms with van der Waals surface area (Å²) in [6.45, 7) is 0. The van der Waals surface area contributed by atoms with E-state index in [1.807, 2.05) is 18.2 Å². The number of rotatable bonds is 3. The molecule has 150 valence electrons. The Morgan fingerprint density at radius 1 is 1.10 bits per heavy atom. The topological polar surface area (TPSA) is 97.5 Å². The standard InChI is InChI=1S/C22H17FN4O3/c23-15-8-9-16-17(11-15)24-19(13-6-7-14(10-13)22(29)30)27-20(16)25-21(28)18(26-27)12-4-2-1-3-5-12/h1-5,8-9,11,13-14H,6-7,10H2,(H,29,30)/t13-,14-/m1/s1. The fourth-order valence-electron chi connectivity index (χ4n) is 4.16. The van der Waals surface area contributed by atoms with Gasteiger partial charge in [0, 0.05) is 22.9 Å². The first-order valence-electron chi connectivity index (χ1n) is 9.70. The first kappa shape index (κ1) is 18.4. The summed E-state index contributed by atoms with van der Waals surface area (Å²) in [5.74, 6) is -1.43. The summed E-state index contributed by atoms with van der Waals surface area (Å²) in [5, 5.41) is 14.5. The highest BCUT2D eigenvalue weighted by molar-refractivity contribution is 5.91. The van der Waals surface area contributed by atoms with Crippen LogP contribution in [0, 0.1) is 11.7 Å². The summed E-state index contributed by atoms with van der Waals surface area (Å²) < 4.78 is 15.4. The van der Waals surface area contributed by atoms with Crippen molar-refractivity contribution in [2.45, 2.75) is 25.2 Å². The average molecular weight is 404 g/mol. The zero-order chi connectivity index (χ0) is 20.8. The van der Waals surface area contributed by atoms with E-state index in [-0.39, 0.29) is 11.6 Å². The van der Waals surface area contributed by atoms with Crippen LogP contribution in [-0.4, -0.2) is 30.7 Å². The Balaban J connectivity index is 1.79. The molecule has 2 aromatic heterocycles. The summed E-state index contributed by atoms with van der Waals surface area (Å²) in [5.41, 5.74) is 0.983. The van der Waals surface area contributed by atoms with E-state index in [1.54, 1.807) is 12.1 Å².